The fraction of sp³-hybridized carbons (Fsp3) is 0.235. The Balaban J connectivity index is 0.000000550. The van der Waals surface area contributed by atoms with E-state index in [0.717, 1.165) is 6.08 Å². The van der Waals surface area contributed by atoms with Crippen molar-refractivity contribution in [2.45, 2.75) is 19.8 Å². The average Bonchev–Trinajstić information content (AvgIpc) is 2.42. The first-order valence-corrected chi connectivity index (χ1v) is 6.34. The second kappa shape index (κ2) is 8.02. The lowest BCUT2D eigenvalue weighted by Crippen LogP contribution is -2.08. The second-order valence-corrected chi connectivity index (χ2v) is 4.65. The van der Waals surface area contributed by atoms with Crippen molar-refractivity contribution >= 4 is 6.08 Å². The summed E-state index contributed by atoms with van der Waals surface area (Å²) in [6.45, 7) is 4.56. The molecule has 0 atom stereocenters. The summed E-state index contributed by atoms with van der Waals surface area (Å²) in [5.41, 5.74) is 2.81. The van der Waals surface area contributed by atoms with Gasteiger partial charge < -0.3 is 0 Å². The molecule has 98 valence electrons. The van der Waals surface area contributed by atoms with E-state index in [1.165, 1.54) is 11.1 Å². The van der Waals surface area contributed by atoms with Gasteiger partial charge in [-0.1, -0.05) is 74.5 Å². The minimum absolute atomic E-state index is 0.502. The molecule has 0 radical (unpaired) electrons. The first kappa shape index (κ1) is 14.9. The van der Waals surface area contributed by atoms with Crippen molar-refractivity contribution in [1.29, 1.82) is 5.41 Å². The minimum atomic E-state index is 0.502. The molecule has 0 fully saturated rings. The third-order valence-corrected chi connectivity index (χ3v) is 2.98. The zero-order valence-electron chi connectivity index (χ0n) is 11.3. The number of isocyanates is 1. The van der Waals surface area contributed by atoms with Gasteiger partial charge in [-0.05, 0) is 17.0 Å². The molecule has 2 rings (SSSR count). The molecular weight excluding hydrogens is 234 g/mol. The molecule has 2 aromatic rings. The van der Waals surface area contributed by atoms with Crippen molar-refractivity contribution in [2.75, 3.05) is 0 Å². The molecule has 0 aliphatic carbocycles. The first-order chi connectivity index (χ1) is 9.20. The van der Waals surface area contributed by atoms with Crippen molar-refractivity contribution in [3.8, 4) is 0 Å². The lowest BCUT2D eigenvalue weighted by atomic mass is 9.83. The summed E-state index contributed by atoms with van der Waals surface area (Å²) in [6.07, 6.45) is 0.750. The van der Waals surface area contributed by atoms with Gasteiger partial charge in [0.2, 0.25) is 6.08 Å². The topological polar surface area (TPSA) is 40.9 Å². The largest absolute Gasteiger partial charge is 0.231 e. The molecule has 0 heterocycles. The summed E-state index contributed by atoms with van der Waals surface area (Å²) < 4.78 is 0. The summed E-state index contributed by atoms with van der Waals surface area (Å²) in [6, 6.07) is 21.5. The molecule has 0 saturated heterocycles. The van der Waals surface area contributed by atoms with Crippen LogP contribution in [0.5, 0.6) is 0 Å². The van der Waals surface area contributed by atoms with E-state index in [2.05, 4.69) is 74.5 Å². The normalized spacial score (nSPS) is 9.68. The molecule has 0 aliphatic rings. The monoisotopic (exact) mass is 253 g/mol. The molecule has 0 saturated carbocycles. The van der Waals surface area contributed by atoms with E-state index in [0.29, 0.717) is 11.8 Å². The molecule has 1 N–H and O–H groups in total. The quantitative estimate of drug-likeness (QED) is 0.640. The first-order valence-electron chi connectivity index (χ1n) is 6.34. The molecule has 2 aromatic carbocycles. The Kier molecular flexibility index (Phi) is 6.28. The molecule has 0 aromatic heterocycles. The molecule has 2 nitrogen and oxygen atoms in total. The number of hydrogen-bond acceptors (Lipinski definition) is 2. The Morgan fingerprint density at radius 1 is 0.842 bits per heavy atom. The van der Waals surface area contributed by atoms with Crippen molar-refractivity contribution < 1.29 is 4.79 Å². The van der Waals surface area contributed by atoms with E-state index in [9.17, 15) is 0 Å². The highest BCUT2D eigenvalue weighted by Crippen LogP contribution is 2.31. The maximum Gasteiger partial charge on any atom is 0.231 e. The third-order valence-electron chi connectivity index (χ3n) is 2.98. The second-order valence-electron chi connectivity index (χ2n) is 4.65. The number of hydrogen-bond donors (Lipinski definition) is 1. The van der Waals surface area contributed by atoms with Crippen LogP contribution < -0.4 is 0 Å². The summed E-state index contributed by atoms with van der Waals surface area (Å²) >= 11 is 0. The van der Waals surface area contributed by atoms with Gasteiger partial charge in [0.25, 0.3) is 0 Å². The predicted octanol–water partition coefficient (Wildman–Crippen LogP) is 4.38. The van der Waals surface area contributed by atoms with Crippen LogP contribution in [0.25, 0.3) is 0 Å². The van der Waals surface area contributed by atoms with Gasteiger partial charge >= 0.3 is 0 Å². The molecular formula is C17H19NO. The minimum Gasteiger partial charge on any atom is -0.222 e. The highest BCUT2D eigenvalue weighted by atomic mass is 16.1. The summed E-state index contributed by atoms with van der Waals surface area (Å²) in [4.78, 5) is 8.35. The highest BCUT2D eigenvalue weighted by molar-refractivity contribution is 5.32. The van der Waals surface area contributed by atoms with Gasteiger partial charge in [0.05, 0.1) is 0 Å². The van der Waals surface area contributed by atoms with E-state index in [1.54, 1.807) is 0 Å². The van der Waals surface area contributed by atoms with E-state index in [-0.39, 0.29) is 0 Å². The smallest absolute Gasteiger partial charge is 0.222 e. The van der Waals surface area contributed by atoms with Crippen LogP contribution in [0.15, 0.2) is 60.7 Å². The van der Waals surface area contributed by atoms with Gasteiger partial charge in [0.15, 0.2) is 0 Å². The maximum atomic E-state index is 8.35. The van der Waals surface area contributed by atoms with Crippen LogP contribution in [0.4, 0.5) is 0 Å². The van der Waals surface area contributed by atoms with Gasteiger partial charge in [0, 0.05) is 5.92 Å². The number of benzene rings is 2. The van der Waals surface area contributed by atoms with Gasteiger partial charge in [0.1, 0.15) is 0 Å². The molecule has 0 spiro atoms. The fourth-order valence-electron chi connectivity index (χ4n) is 2.28. The lowest BCUT2D eigenvalue weighted by molar-refractivity contribution is 0.562. The van der Waals surface area contributed by atoms with Gasteiger partial charge in [-0.15, -0.1) is 0 Å². The summed E-state index contributed by atoms with van der Waals surface area (Å²) in [7, 11) is 0. The molecule has 2 heteroatoms. The van der Waals surface area contributed by atoms with Gasteiger partial charge in [-0.25, -0.2) is 10.2 Å². The number of nitrogens with one attached hydrogen (secondary N) is 1. The van der Waals surface area contributed by atoms with Crippen LogP contribution in [0, 0.1) is 11.3 Å². The van der Waals surface area contributed by atoms with Crippen LogP contribution in [-0.2, 0) is 4.79 Å². The Bertz CT molecular complexity index is 460. The van der Waals surface area contributed by atoms with Crippen LogP contribution in [0.2, 0.25) is 0 Å². The highest BCUT2D eigenvalue weighted by Gasteiger charge is 2.16. The van der Waals surface area contributed by atoms with Crippen molar-refractivity contribution in [3.63, 3.8) is 0 Å². The van der Waals surface area contributed by atoms with Crippen molar-refractivity contribution in [2.24, 2.45) is 5.92 Å². The standard InChI is InChI=1S/C16H18.CHNO/c1-13(2)16(14-9-5-3-6-10-14)15-11-7-4-8-12-15;2-1-3/h3-13,16H,1-2H3;2H. The molecule has 0 unspecified atom stereocenters. The Hall–Kier alpha value is -2.18. The van der Waals surface area contributed by atoms with Crippen molar-refractivity contribution in [3.05, 3.63) is 71.8 Å². The fourth-order valence-corrected chi connectivity index (χ4v) is 2.28. The molecule has 0 aliphatic heterocycles. The zero-order valence-corrected chi connectivity index (χ0v) is 11.3. The Morgan fingerprint density at radius 3 is 1.42 bits per heavy atom. The van der Waals surface area contributed by atoms with Crippen LogP contribution in [0.3, 0.4) is 0 Å². The third kappa shape index (κ3) is 4.53. The SMILES string of the molecule is CC(C)C(c1ccccc1)c1ccccc1.N=C=O. The van der Waals surface area contributed by atoms with Gasteiger partial charge in [-0.3, -0.25) is 0 Å². The maximum absolute atomic E-state index is 8.35. The van der Waals surface area contributed by atoms with Crippen LogP contribution >= 0.6 is 0 Å². The van der Waals surface area contributed by atoms with Gasteiger partial charge in [-0.2, -0.15) is 0 Å². The zero-order chi connectivity index (χ0) is 14.1. The van der Waals surface area contributed by atoms with Crippen molar-refractivity contribution in [1.82, 2.24) is 0 Å². The molecule has 0 amide bonds. The summed E-state index contributed by atoms with van der Waals surface area (Å²) in [5.74, 6) is 1.12. The van der Waals surface area contributed by atoms with E-state index >= 15 is 0 Å². The lowest BCUT2D eigenvalue weighted by Gasteiger charge is -2.21. The molecule has 0 bridgehead atoms. The van der Waals surface area contributed by atoms with Crippen LogP contribution in [-0.4, -0.2) is 6.08 Å². The van der Waals surface area contributed by atoms with E-state index < -0.39 is 0 Å². The summed E-state index contributed by atoms with van der Waals surface area (Å²) in [5, 5.41) is 5.40. The van der Waals surface area contributed by atoms with E-state index in [4.69, 9.17) is 10.2 Å². The molecule has 19 heavy (non-hydrogen) atoms. The Morgan fingerprint density at radius 2 is 1.16 bits per heavy atom. The number of carbonyl (C=O) groups excluding carboxylic acids is 1. The Labute approximate surface area is 114 Å². The predicted molar refractivity (Wildman–Crippen MR) is 78.0 cm³/mol. The van der Waals surface area contributed by atoms with Crippen LogP contribution in [0.1, 0.15) is 30.9 Å². The number of rotatable bonds is 3. The average molecular weight is 253 g/mol. The van der Waals surface area contributed by atoms with E-state index in [1.807, 2.05) is 0 Å².